The first-order valence-electron chi connectivity index (χ1n) is 7.17. The average molecular weight is 243 g/mol. The quantitative estimate of drug-likeness (QED) is 0.704. The number of hydrogen-bond donors (Lipinski definition) is 2. The molecule has 1 aliphatic carbocycles. The van der Waals surface area contributed by atoms with Crippen LogP contribution in [0.4, 0.5) is 0 Å². The van der Waals surface area contributed by atoms with Crippen LogP contribution in [0.2, 0.25) is 0 Å². The third kappa shape index (κ3) is 5.36. The van der Waals surface area contributed by atoms with E-state index in [9.17, 15) is 5.11 Å². The first-order valence-corrected chi connectivity index (χ1v) is 7.17. The molecule has 3 nitrogen and oxygen atoms in total. The van der Waals surface area contributed by atoms with Crippen molar-refractivity contribution < 1.29 is 9.84 Å². The van der Waals surface area contributed by atoms with E-state index in [-0.39, 0.29) is 12.1 Å². The summed E-state index contributed by atoms with van der Waals surface area (Å²) in [4.78, 5) is 0. The topological polar surface area (TPSA) is 41.5 Å². The molecule has 0 spiro atoms. The second-order valence-corrected chi connectivity index (χ2v) is 5.49. The van der Waals surface area contributed by atoms with E-state index in [1.807, 2.05) is 6.92 Å². The van der Waals surface area contributed by atoms with Crippen molar-refractivity contribution in [2.24, 2.45) is 5.92 Å². The maximum atomic E-state index is 10.1. The minimum atomic E-state index is -0.180. The van der Waals surface area contributed by atoms with Gasteiger partial charge in [0.2, 0.25) is 0 Å². The van der Waals surface area contributed by atoms with Gasteiger partial charge in [0.1, 0.15) is 0 Å². The maximum absolute atomic E-state index is 10.1. The molecule has 17 heavy (non-hydrogen) atoms. The molecule has 2 N–H and O–H groups in total. The Bertz CT molecular complexity index is 197. The Morgan fingerprint density at radius 1 is 1.24 bits per heavy atom. The van der Waals surface area contributed by atoms with Crippen LogP contribution in [-0.4, -0.2) is 36.5 Å². The van der Waals surface area contributed by atoms with Gasteiger partial charge in [-0.25, -0.2) is 0 Å². The SMILES string of the molecule is CCOCC(NC1CCCCCC1O)C(C)C. The van der Waals surface area contributed by atoms with Gasteiger partial charge >= 0.3 is 0 Å². The summed E-state index contributed by atoms with van der Waals surface area (Å²) < 4.78 is 5.52. The monoisotopic (exact) mass is 243 g/mol. The van der Waals surface area contributed by atoms with Crippen molar-refractivity contribution in [1.82, 2.24) is 5.32 Å². The van der Waals surface area contributed by atoms with Crippen molar-refractivity contribution in [1.29, 1.82) is 0 Å². The molecule has 0 heterocycles. The van der Waals surface area contributed by atoms with Crippen LogP contribution in [0.1, 0.15) is 52.9 Å². The Morgan fingerprint density at radius 2 is 1.94 bits per heavy atom. The summed E-state index contributed by atoms with van der Waals surface area (Å²) in [6.07, 6.45) is 5.51. The average Bonchev–Trinajstić information content (AvgIpc) is 2.49. The molecule has 1 aliphatic rings. The van der Waals surface area contributed by atoms with Gasteiger partial charge < -0.3 is 15.2 Å². The lowest BCUT2D eigenvalue weighted by molar-refractivity contribution is 0.0728. The van der Waals surface area contributed by atoms with Crippen molar-refractivity contribution >= 4 is 0 Å². The van der Waals surface area contributed by atoms with Crippen molar-refractivity contribution in [3.05, 3.63) is 0 Å². The fourth-order valence-electron chi connectivity index (χ4n) is 2.44. The molecule has 1 fully saturated rings. The number of hydrogen-bond acceptors (Lipinski definition) is 3. The first-order chi connectivity index (χ1) is 8.15. The summed E-state index contributed by atoms with van der Waals surface area (Å²) in [5.41, 5.74) is 0. The van der Waals surface area contributed by atoms with Gasteiger partial charge in [0.15, 0.2) is 0 Å². The van der Waals surface area contributed by atoms with E-state index in [2.05, 4.69) is 19.2 Å². The van der Waals surface area contributed by atoms with E-state index >= 15 is 0 Å². The lowest BCUT2D eigenvalue weighted by Crippen LogP contribution is -2.49. The molecule has 3 unspecified atom stereocenters. The molecule has 102 valence electrons. The molecule has 1 rings (SSSR count). The van der Waals surface area contributed by atoms with Crippen molar-refractivity contribution in [2.75, 3.05) is 13.2 Å². The van der Waals surface area contributed by atoms with E-state index in [0.29, 0.717) is 12.0 Å². The van der Waals surface area contributed by atoms with Gasteiger partial charge in [0.05, 0.1) is 12.7 Å². The highest BCUT2D eigenvalue weighted by atomic mass is 16.5. The zero-order chi connectivity index (χ0) is 12.7. The second-order valence-electron chi connectivity index (χ2n) is 5.49. The zero-order valence-corrected chi connectivity index (χ0v) is 11.6. The van der Waals surface area contributed by atoms with E-state index < -0.39 is 0 Å². The highest BCUT2D eigenvalue weighted by Gasteiger charge is 2.25. The summed E-state index contributed by atoms with van der Waals surface area (Å²) in [6, 6.07) is 0.609. The van der Waals surface area contributed by atoms with E-state index in [0.717, 1.165) is 32.5 Å². The van der Waals surface area contributed by atoms with Crippen molar-refractivity contribution in [3.63, 3.8) is 0 Å². The van der Waals surface area contributed by atoms with Crippen molar-refractivity contribution in [2.45, 2.75) is 71.1 Å². The summed E-state index contributed by atoms with van der Waals surface area (Å²) >= 11 is 0. The maximum Gasteiger partial charge on any atom is 0.0693 e. The molecule has 0 aliphatic heterocycles. The minimum Gasteiger partial charge on any atom is -0.392 e. The molecule has 0 aromatic heterocycles. The van der Waals surface area contributed by atoms with E-state index in [4.69, 9.17) is 4.74 Å². The van der Waals surface area contributed by atoms with Crippen LogP contribution in [0.15, 0.2) is 0 Å². The summed E-state index contributed by atoms with van der Waals surface area (Å²) in [7, 11) is 0. The van der Waals surface area contributed by atoms with Crippen LogP contribution in [0.25, 0.3) is 0 Å². The summed E-state index contributed by atoms with van der Waals surface area (Å²) in [5, 5.41) is 13.7. The van der Waals surface area contributed by atoms with Crippen LogP contribution in [0.5, 0.6) is 0 Å². The van der Waals surface area contributed by atoms with E-state index in [1.165, 1.54) is 12.8 Å². The van der Waals surface area contributed by atoms with Crippen LogP contribution in [-0.2, 0) is 4.74 Å². The zero-order valence-electron chi connectivity index (χ0n) is 11.6. The van der Waals surface area contributed by atoms with Gasteiger partial charge in [-0.15, -0.1) is 0 Å². The minimum absolute atomic E-state index is 0.180. The first kappa shape index (κ1) is 14.9. The second kappa shape index (κ2) is 8.06. The molecular weight excluding hydrogens is 214 g/mol. The molecule has 0 radical (unpaired) electrons. The standard InChI is InChI=1S/C14H29NO2/c1-4-17-10-13(11(2)3)15-12-8-6-5-7-9-14(12)16/h11-16H,4-10H2,1-3H3. The summed E-state index contributed by atoms with van der Waals surface area (Å²) in [6.45, 7) is 7.95. The number of aliphatic hydroxyl groups is 1. The highest BCUT2D eigenvalue weighted by molar-refractivity contribution is 4.83. The molecule has 0 amide bonds. The predicted octanol–water partition coefficient (Wildman–Crippen LogP) is 2.33. The fourth-order valence-corrected chi connectivity index (χ4v) is 2.44. The van der Waals surface area contributed by atoms with Gasteiger partial charge in [-0.05, 0) is 25.7 Å². The lowest BCUT2D eigenvalue weighted by atomic mass is 10.00. The van der Waals surface area contributed by atoms with Crippen LogP contribution in [0, 0.1) is 5.92 Å². The van der Waals surface area contributed by atoms with Gasteiger partial charge in [0, 0.05) is 18.7 Å². The molecule has 0 saturated heterocycles. The fraction of sp³-hybridized carbons (Fsp3) is 1.00. The van der Waals surface area contributed by atoms with Crippen LogP contribution < -0.4 is 5.32 Å². The van der Waals surface area contributed by atoms with Crippen LogP contribution >= 0.6 is 0 Å². The molecule has 0 aromatic carbocycles. The highest BCUT2D eigenvalue weighted by Crippen LogP contribution is 2.19. The van der Waals surface area contributed by atoms with Gasteiger partial charge in [-0.2, -0.15) is 0 Å². The smallest absolute Gasteiger partial charge is 0.0693 e. The third-order valence-corrected chi connectivity index (χ3v) is 3.71. The number of ether oxygens (including phenoxy) is 1. The molecular formula is C14H29NO2. The molecule has 0 bridgehead atoms. The van der Waals surface area contributed by atoms with E-state index in [1.54, 1.807) is 0 Å². The Balaban J connectivity index is 2.45. The molecule has 1 saturated carbocycles. The normalized spacial score (nSPS) is 28.1. The number of nitrogens with one attached hydrogen (secondary N) is 1. The van der Waals surface area contributed by atoms with Gasteiger partial charge in [-0.3, -0.25) is 0 Å². The molecule has 3 atom stereocenters. The Hall–Kier alpha value is -0.120. The Labute approximate surface area is 106 Å². The van der Waals surface area contributed by atoms with Gasteiger partial charge in [0.25, 0.3) is 0 Å². The third-order valence-electron chi connectivity index (χ3n) is 3.71. The van der Waals surface area contributed by atoms with Gasteiger partial charge in [-0.1, -0.05) is 33.1 Å². The lowest BCUT2D eigenvalue weighted by Gasteiger charge is -2.30. The number of rotatable bonds is 6. The predicted molar refractivity (Wildman–Crippen MR) is 71.1 cm³/mol. The Morgan fingerprint density at radius 3 is 2.59 bits per heavy atom. The largest absolute Gasteiger partial charge is 0.392 e. The van der Waals surface area contributed by atoms with Crippen molar-refractivity contribution in [3.8, 4) is 0 Å². The summed E-state index contributed by atoms with van der Waals surface area (Å²) in [5.74, 6) is 0.539. The molecule has 0 aromatic rings. The number of aliphatic hydroxyl groups excluding tert-OH is 1. The molecule has 3 heteroatoms. The Kier molecular flexibility index (Phi) is 7.09. The van der Waals surface area contributed by atoms with Crippen LogP contribution in [0.3, 0.4) is 0 Å².